The number of furan rings is 1. The molecule has 1 fully saturated rings. The molecule has 3 rings (SSSR count). The number of nitrogens with zero attached hydrogens (tertiary/aromatic N) is 1. The maximum Gasteiger partial charge on any atom is 0.289 e. The van der Waals surface area contributed by atoms with Crippen LogP contribution in [0.3, 0.4) is 0 Å². The molecule has 26 heavy (non-hydrogen) atoms. The Morgan fingerprint density at radius 3 is 2.73 bits per heavy atom. The molecule has 1 saturated heterocycles. The van der Waals surface area contributed by atoms with Gasteiger partial charge in [-0.15, -0.1) is 0 Å². The first kappa shape index (κ1) is 18.2. The molecular weight excluding hydrogens is 328 g/mol. The van der Waals surface area contributed by atoms with E-state index in [9.17, 15) is 9.59 Å². The Morgan fingerprint density at radius 1 is 1.23 bits per heavy atom. The van der Waals surface area contributed by atoms with Gasteiger partial charge in [-0.2, -0.15) is 0 Å². The molecule has 1 N–H and O–H groups in total. The van der Waals surface area contributed by atoms with E-state index in [-0.39, 0.29) is 23.8 Å². The number of rotatable bonds is 6. The van der Waals surface area contributed by atoms with Crippen molar-refractivity contribution in [3.63, 3.8) is 0 Å². The number of amides is 2. The summed E-state index contributed by atoms with van der Waals surface area (Å²) in [4.78, 5) is 27.0. The van der Waals surface area contributed by atoms with Crippen LogP contribution in [0.25, 0.3) is 0 Å². The van der Waals surface area contributed by atoms with Crippen LogP contribution in [0.15, 0.2) is 53.1 Å². The smallest absolute Gasteiger partial charge is 0.289 e. The van der Waals surface area contributed by atoms with Gasteiger partial charge in [-0.25, -0.2) is 0 Å². The van der Waals surface area contributed by atoms with Crippen molar-refractivity contribution >= 4 is 11.8 Å². The number of nitrogens with one attached hydrogen (secondary N) is 1. The van der Waals surface area contributed by atoms with Crippen molar-refractivity contribution in [3.05, 3.63) is 60.1 Å². The standard InChI is InChI=1S/C21H26N2O3/c1-2-8-18(16-9-4-3-5-10-16)22-20(24)17-11-6-13-23(15-17)21(25)19-12-7-14-26-19/h3-5,7,9-10,12,14,17-18H,2,6,8,11,13,15H2,1H3,(H,22,24). The second-order valence-electron chi connectivity index (χ2n) is 6.83. The van der Waals surface area contributed by atoms with Gasteiger partial charge in [-0.1, -0.05) is 43.7 Å². The van der Waals surface area contributed by atoms with E-state index in [1.165, 1.54) is 6.26 Å². The highest BCUT2D eigenvalue weighted by Gasteiger charge is 2.30. The first-order chi connectivity index (χ1) is 12.7. The van der Waals surface area contributed by atoms with Gasteiger partial charge in [0.25, 0.3) is 5.91 Å². The fourth-order valence-electron chi connectivity index (χ4n) is 3.52. The summed E-state index contributed by atoms with van der Waals surface area (Å²) in [6.07, 6.45) is 5.03. The summed E-state index contributed by atoms with van der Waals surface area (Å²) in [5, 5.41) is 3.20. The maximum absolute atomic E-state index is 12.8. The lowest BCUT2D eigenvalue weighted by Crippen LogP contribution is -2.46. The van der Waals surface area contributed by atoms with Gasteiger partial charge < -0.3 is 14.6 Å². The summed E-state index contributed by atoms with van der Waals surface area (Å²) < 4.78 is 5.21. The molecule has 1 aliphatic rings. The van der Waals surface area contributed by atoms with Gasteiger partial charge in [0.2, 0.25) is 5.91 Å². The van der Waals surface area contributed by atoms with Gasteiger partial charge in [-0.05, 0) is 37.0 Å². The molecule has 2 unspecified atom stereocenters. The Hall–Kier alpha value is -2.56. The molecule has 0 aliphatic carbocycles. The normalized spacial score (nSPS) is 18.3. The number of piperidine rings is 1. The number of hydrogen-bond acceptors (Lipinski definition) is 3. The number of likely N-dealkylation sites (tertiary alicyclic amines) is 1. The Balaban J connectivity index is 1.64. The van der Waals surface area contributed by atoms with Crippen molar-refractivity contribution in [2.75, 3.05) is 13.1 Å². The fourth-order valence-corrected chi connectivity index (χ4v) is 3.52. The summed E-state index contributed by atoms with van der Waals surface area (Å²) in [6.45, 7) is 3.23. The molecule has 138 valence electrons. The second-order valence-corrected chi connectivity index (χ2v) is 6.83. The average molecular weight is 354 g/mol. The van der Waals surface area contributed by atoms with E-state index in [1.807, 2.05) is 30.3 Å². The monoisotopic (exact) mass is 354 g/mol. The van der Waals surface area contributed by atoms with Crippen molar-refractivity contribution in [3.8, 4) is 0 Å². The predicted octanol–water partition coefficient (Wildman–Crippen LogP) is 3.79. The molecule has 5 nitrogen and oxygen atoms in total. The van der Waals surface area contributed by atoms with Crippen molar-refractivity contribution in [1.29, 1.82) is 0 Å². The molecule has 2 amide bonds. The van der Waals surface area contributed by atoms with Crippen LogP contribution in [0.4, 0.5) is 0 Å². The van der Waals surface area contributed by atoms with Crippen molar-refractivity contribution in [2.45, 2.75) is 38.6 Å². The quantitative estimate of drug-likeness (QED) is 0.858. The zero-order chi connectivity index (χ0) is 18.4. The highest BCUT2D eigenvalue weighted by Crippen LogP contribution is 2.23. The SMILES string of the molecule is CCCC(NC(=O)C1CCCN(C(=O)c2ccco2)C1)c1ccccc1. The molecule has 2 atom stereocenters. The summed E-state index contributed by atoms with van der Waals surface area (Å²) in [7, 11) is 0. The van der Waals surface area contributed by atoms with E-state index < -0.39 is 0 Å². The number of carbonyl (C=O) groups excluding carboxylic acids is 2. The first-order valence-electron chi connectivity index (χ1n) is 9.37. The highest BCUT2D eigenvalue weighted by molar-refractivity contribution is 5.92. The van der Waals surface area contributed by atoms with Gasteiger partial charge in [0, 0.05) is 13.1 Å². The van der Waals surface area contributed by atoms with Crippen LogP contribution in [-0.4, -0.2) is 29.8 Å². The largest absolute Gasteiger partial charge is 0.459 e. The minimum absolute atomic E-state index is 0.0184. The summed E-state index contributed by atoms with van der Waals surface area (Å²) in [5.74, 6) is 0.0508. The molecule has 0 saturated carbocycles. The Labute approximate surface area is 154 Å². The average Bonchev–Trinajstić information content (AvgIpc) is 3.22. The van der Waals surface area contributed by atoms with Gasteiger partial charge >= 0.3 is 0 Å². The molecule has 0 radical (unpaired) electrons. The fraction of sp³-hybridized carbons (Fsp3) is 0.429. The predicted molar refractivity (Wildman–Crippen MR) is 99.6 cm³/mol. The lowest BCUT2D eigenvalue weighted by Gasteiger charge is -2.32. The molecule has 1 aliphatic heterocycles. The number of hydrogen-bond donors (Lipinski definition) is 1. The third-order valence-electron chi connectivity index (χ3n) is 4.91. The van der Waals surface area contributed by atoms with Crippen LogP contribution in [0.1, 0.15) is 54.8 Å². The van der Waals surface area contributed by atoms with Gasteiger partial charge in [0.05, 0.1) is 18.2 Å². The Bertz CT molecular complexity index is 712. The lowest BCUT2D eigenvalue weighted by molar-refractivity contribution is -0.127. The van der Waals surface area contributed by atoms with Crippen LogP contribution in [0.5, 0.6) is 0 Å². The Morgan fingerprint density at radius 2 is 2.04 bits per heavy atom. The van der Waals surface area contributed by atoms with E-state index >= 15 is 0 Å². The van der Waals surface area contributed by atoms with E-state index in [4.69, 9.17) is 4.42 Å². The number of carbonyl (C=O) groups is 2. The van der Waals surface area contributed by atoms with Crippen LogP contribution in [0.2, 0.25) is 0 Å². The maximum atomic E-state index is 12.8. The molecule has 2 aromatic rings. The zero-order valence-corrected chi connectivity index (χ0v) is 15.2. The van der Waals surface area contributed by atoms with E-state index in [0.29, 0.717) is 18.8 Å². The third-order valence-corrected chi connectivity index (χ3v) is 4.91. The summed E-state index contributed by atoms with van der Waals surface area (Å²) >= 11 is 0. The minimum Gasteiger partial charge on any atom is -0.459 e. The van der Waals surface area contributed by atoms with Crippen molar-refractivity contribution in [1.82, 2.24) is 10.2 Å². The van der Waals surface area contributed by atoms with Gasteiger partial charge in [-0.3, -0.25) is 9.59 Å². The third kappa shape index (κ3) is 4.34. The summed E-state index contributed by atoms with van der Waals surface area (Å²) in [6, 6.07) is 13.5. The van der Waals surface area contributed by atoms with Gasteiger partial charge in [0.1, 0.15) is 0 Å². The Kier molecular flexibility index (Phi) is 6.10. The van der Waals surface area contributed by atoms with E-state index in [0.717, 1.165) is 31.2 Å². The first-order valence-corrected chi connectivity index (χ1v) is 9.37. The lowest BCUT2D eigenvalue weighted by atomic mass is 9.95. The van der Waals surface area contributed by atoms with E-state index in [1.54, 1.807) is 17.0 Å². The van der Waals surface area contributed by atoms with Crippen molar-refractivity contribution in [2.24, 2.45) is 5.92 Å². The van der Waals surface area contributed by atoms with Crippen LogP contribution < -0.4 is 5.32 Å². The topological polar surface area (TPSA) is 62.6 Å². The van der Waals surface area contributed by atoms with E-state index in [2.05, 4.69) is 12.2 Å². The highest BCUT2D eigenvalue weighted by atomic mass is 16.3. The van der Waals surface area contributed by atoms with Crippen LogP contribution in [-0.2, 0) is 4.79 Å². The molecule has 0 spiro atoms. The minimum atomic E-state index is -0.175. The molecule has 2 heterocycles. The number of benzene rings is 1. The van der Waals surface area contributed by atoms with Gasteiger partial charge in [0.15, 0.2) is 5.76 Å². The van der Waals surface area contributed by atoms with Crippen molar-refractivity contribution < 1.29 is 14.0 Å². The zero-order valence-electron chi connectivity index (χ0n) is 15.2. The molecule has 5 heteroatoms. The summed E-state index contributed by atoms with van der Waals surface area (Å²) in [5.41, 5.74) is 1.13. The molecule has 1 aromatic heterocycles. The van der Waals surface area contributed by atoms with Crippen LogP contribution in [0, 0.1) is 5.92 Å². The second kappa shape index (κ2) is 8.70. The molecular formula is C21H26N2O3. The molecule has 1 aromatic carbocycles. The molecule has 0 bridgehead atoms. The van der Waals surface area contributed by atoms with Crippen LogP contribution >= 0.6 is 0 Å².